The average Bonchev–Trinajstić information content (AvgIpc) is 2.62. The molecule has 7 heteroatoms. The van der Waals surface area contributed by atoms with E-state index in [2.05, 4.69) is 15.3 Å². The van der Waals surface area contributed by atoms with E-state index in [-0.39, 0.29) is 5.69 Å². The number of aromatic nitrogens is 2. The molecule has 1 amide bonds. The highest BCUT2D eigenvalue weighted by molar-refractivity contribution is 6.31. The molecule has 1 heterocycles. The van der Waals surface area contributed by atoms with Crippen molar-refractivity contribution in [3.8, 4) is 0 Å². The summed E-state index contributed by atoms with van der Waals surface area (Å²) in [5, 5.41) is 3.15. The Bertz CT molecular complexity index is 959. The van der Waals surface area contributed by atoms with Crippen LogP contribution >= 0.6 is 11.6 Å². The summed E-state index contributed by atoms with van der Waals surface area (Å²) in [6.45, 7) is 1.40. The fourth-order valence-electron chi connectivity index (χ4n) is 2.18. The van der Waals surface area contributed by atoms with Crippen LogP contribution in [0.3, 0.4) is 0 Å². The maximum Gasteiger partial charge on any atom is 0.359 e. The largest absolute Gasteiger partial charge is 0.451 e. The molecular formula is C18H14ClN3O3. The molecule has 0 saturated heterocycles. The van der Waals surface area contributed by atoms with Crippen molar-refractivity contribution in [2.24, 2.45) is 0 Å². The Kier molecular flexibility index (Phi) is 4.90. The Labute approximate surface area is 148 Å². The van der Waals surface area contributed by atoms with E-state index in [1.807, 2.05) is 13.0 Å². The van der Waals surface area contributed by atoms with Crippen molar-refractivity contribution >= 4 is 40.2 Å². The minimum absolute atomic E-state index is 0.0467. The summed E-state index contributed by atoms with van der Waals surface area (Å²) in [4.78, 5) is 32.3. The lowest BCUT2D eigenvalue weighted by atomic mass is 10.2. The smallest absolute Gasteiger partial charge is 0.359 e. The number of ether oxygens (including phenoxy) is 1. The third-order valence-corrected chi connectivity index (χ3v) is 3.70. The Morgan fingerprint density at radius 2 is 1.92 bits per heavy atom. The van der Waals surface area contributed by atoms with Gasteiger partial charge in [-0.3, -0.25) is 9.78 Å². The molecule has 3 aromatic rings. The predicted octanol–water partition coefficient (Wildman–Crippen LogP) is 3.39. The highest BCUT2D eigenvalue weighted by atomic mass is 35.5. The van der Waals surface area contributed by atoms with Gasteiger partial charge in [0.15, 0.2) is 12.3 Å². The van der Waals surface area contributed by atoms with Gasteiger partial charge in [-0.2, -0.15) is 0 Å². The molecule has 1 aromatic heterocycles. The topological polar surface area (TPSA) is 81.2 Å². The zero-order valence-corrected chi connectivity index (χ0v) is 14.1. The monoisotopic (exact) mass is 355 g/mol. The van der Waals surface area contributed by atoms with Crippen molar-refractivity contribution in [2.45, 2.75) is 6.92 Å². The van der Waals surface area contributed by atoms with Crippen LogP contribution in [0.4, 0.5) is 5.69 Å². The molecule has 126 valence electrons. The van der Waals surface area contributed by atoms with Crippen LogP contribution in [0.15, 0.2) is 48.7 Å². The van der Waals surface area contributed by atoms with Crippen molar-refractivity contribution in [3.05, 3.63) is 64.9 Å². The molecule has 0 aliphatic heterocycles. The number of hydrogen-bond acceptors (Lipinski definition) is 5. The van der Waals surface area contributed by atoms with Gasteiger partial charge in [-0.25, -0.2) is 9.78 Å². The van der Waals surface area contributed by atoms with Crippen LogP contribution in [-0.2, 0) is 9.53 Å². The lowest BCUT2D eigenvalue weighted by Gasteiger charge is -2.09. The van der Waals surface area contributed by atoms with Crippen LogP contribution in [0.5, 0.6) is 0 Å². The van der Waals surface area contributed by atoms with E-state index >= 15 is 0 Å². The van der Waals surface area contributed by atoms with E-state index in [0.717, 1.165) is 5.56 Å². The maximum atomic E-state index is 12.0. The van der Waals surface area contributed by atoms with Gasteiger partial charge >= 0.3 is 5.97 Å². The minimum atomic E-state index is -0.712. The van der Waals surface area contributed by atoms with Gasteiger partial charge in [0.1, 0.15) is 0 Å². The number of nitrogens with one attached hydrogen (secondary N) is 1. The van der Waals surface area contributed by atoms with E-state index in [1.54, 1.807) is 36.4 Å². The number of hydrogen-bond donors (Lipinski definition) is 1. The Balaban J connectivity index is 1.62. The number of nitrogens with zero attached hydrogens (tertiary/aromatic N) is 2. The molecule has 0 spiro atoms. The molecule has 3 rings (SSSR count). The second-order valence-corrected chi connectivity index (χ2v) is 5.76. The van der Waals surface area contributed by atoms with Crippen LogP contribution in [0, 0.1) is 6.92 Å². The Hall–Kier alpha value is -2.99. The molecule has 6 nitrogen and oxygen atoms in total. The third-order valence-electron chi connectivity index (χ3n) is 3.47. The molecule has 25 heavy (non-hydrogen) atoms. The molecule has 0 unspecified atom stereocenters. The van der Waals surface area contributed by atoms with Crippen LogP contribution in [0.1, 0.15) is 16.1 Å². The zero-order chi connectivity index (χ0) is 17.8. The number of benzene rings is 2. The Morgan fingerprint density at radius 3 is 2.72 bits per heavy atom. The minimum Gasteiger partial charge on any atom is -0.451 e. The summed E-state index contributed by atoms with van der Waals surface area (Å²) in [6.07, 6.45) is 1.32. The number of carbonyl (C=O) groups is 2. The standard InChI is InChI=1S/C18H14ClN3O3/c1-11-6-7-12(19)8-15(11)22-17(23)10-25-18(24)16-9-20-13-4-2-3-5-14(13)21-16/h2-9H,10H2,1H3,(H,22,23). The van der Waals surface area contributed by atoms with Gasteiger partial charge in [0.25, 0.3) is 5.91 Å². The van der Waals surface area contributed by atoms with Gasteiger partial charge in [-0.05, 0) is 36.8 Å². The second kappa shape index (κ2) is 7.27. The van der Waals surface area contributed by atoms with Gasteiger partial charge in [-0.15, -0.1) is 0 Å². The normalized spacial score (nSPS) is 10.5. The summed E-state index contributed by atoms with van der Waals surface area (Å²) < 4.78 is 4.99. The second-order valence-electron chi connectivity index (χ2n) is 5.33. The number of carbonyl (C=O) groups excluding carboxylic acids is 2. The zero-order valence-electron chi connectivity index (χ0n) is 13.3. The number of fused-ring (bicyclic) bond motifs is 1. The first-order valence-electron chi connectivity index (χ1n) is 7.48. The van der Waals surface area contributed by atoms with Gasteiger partial charge in [0.2, 0.25) is 0 Å². The van der Waals surface area contributed by atoms with E-state index in [4.69, 9.17) is 16.3 Å². The summed E-state index contributed by atoms with van der Waals surface area (Å²) >= 11 is 5.90. The van der Waals surface area contributed by atoms with Crippen molar-refractivity contribution in [2.75, 3.05) is 11.9 Å². The first-order valence-corrected chi connectivity index (χ1v) is 7.85. The van der Waals surface area contributed by atoms with E-state index < -0.39 is 18.5 Å². The Morgan fingerprint density at radius 1 is 1.16 bits per heavy atom. The quantitative estimate of drug-likeness (QED) is 0.725. The van der Waals surface area contributed by atoms with Crippen molar-refractivity contribution < 1.29 is 14.3 Å². The molecule has 0 fully saturated rings. The molecule has 0 saturated carbocycles. The lowest BCUT2D eigenvalue weighted by molar-refractivity contribution is -0.119. The summed E-state index contributed by atoms with van der Waals surface area (Å²) in [5.74, 6) is -1.18. The molecule has 0 atom stereocenters. The van der Waals surface area contributed by atoms with Crippen LogP contribution < -0.4 is 5.32 Å². The molecule has 2 aromatic carbocycles. The summed E-state index contributed by atoms with van der Waals surface area (Å²) in [7, 11) is 0. The fourth-order valence-corrected chi connectivity index (χ4v) is 2.35. The van der Waals surface area contributed by atoms with E-state index in [9.17, 15) is 9.59 Å². The van der Waals surface area contributed by atoms with Crippen LogP contribution in [0.2, 0.25) is 5.02 Å². The number of anilines is 1. The first-order chi connectivity index (χ1) is 12.0. The predicted molar refractivity (Wildman–Crippen MR) is 94.6 cm³/mol. The molecular weight excluding hydrogens is 342 g/mol. The molecule has 0 bridgehead atoms. The lowest BCUT2D eigenvalue weighted by Crippen LogP contribution is -2.21. The summed E-state index contributed by atoms with van der Waals surface area (Å²) in [5.41, 5.74) is 2.72. The van der Waals surface area contributed by atoms with Crippen LogP contribution in [0.25, 0.3) is 11.0 Å². The molecule has 0 radical (unpaired) electrons. The van der Waals surface area contributed by atoms with Gasteiger partial charge in [0, 0.05) is 10.7 Å². The maximum absolute atomic E-state index is 12.0. The SMILES string of the molecule is Cc1ccc(Cl)cc1NC(=O)COC(=O)c1cnc2ccccc2n1. The molecule has 0 aliphatic rings. The van der Waals surface area contributed by atoms with Crippen molar-refractivity contribution in [1.82, 2.24) is 9.97 Å². The van der Waals surface area contributed by atoms with Gasteiger partial charge < -0.3 is 10.1 Å². The van der Waals surface area contributed by atoms with Gasteiger partial charge in [0.05, 0.1) is 17.2 Å². The number of rotatable bonds is 4. The average molecular weight is 356 g/mol. The third kappa shape index (κ3) is 4.10. The summed E-state index contributed by atoms with van der Waals surface area (Å²) in [6, 6.07) is 12.3. The number of halogens is 1. The van der Waals surface area contributed by atoms with E-state index in [1.165, 1.54) is 6.20 Å². The molecule has 0 aliphatic carbocycles. The van der Waals surface area contributed by atoms with E-state index in [0.29, 0.717) is 21.7 Å². The highest BCUT2D eigenvalue weighted by Crippen LogP contribution is 2.20. The number of para-hydroxylation sites is 2. The first kappa shape index (κ1) is 16.9. The number of esters is 1. The van der Waals surface area contributed by atoms with Gasteiger partial charge in [-0.1, -0.05) is 29.8 Å². The highest BCUT2D eigenvalue weighted by Gasteiger charge is 2.13. The van der Waals surface area contributed by atoms with Crippen molar-refractivity contribution in [1.29, 1.82) is 0 Å². The molecule has 1 N–H and O–H groups in total. The number of amides is 1. The van der Waals surface area contributed by atoms with Crippen molar-refractivity contribution in [3.63, 3.8) is 0 Å². The number of aryl methyl sites for hydroxylation is 1. The van der Waals surface area contributed by atoms with Crippen LogP contribution in [-0.4, -0.2) is 28.5 Å². The fraction of sp³-hybridized carbons (Fsp3) is 0.111.